The van der Waals surface area contributed by atoms with Crippen LogP contribution in [0.15, 0.2) is 12.5 Å². The molecule has 0 saturated carbocycles. The Kier molecular flexibility index (Phi) is 3.92. The molecule has 0 bridgehead atoms. The molecule has 0 saturated heterocycles. The number of nitrogens with one attached hydrogen (secondary N) is 1. The molecule has 0 fully saturated rings. The van der Waals surface area contributed by atoms with Gasteiger partial charge >= 0.3 is 5.97 Å². The maximum Gasteiger partial charge on any atom is 0.303 e. The number of carbonyl (C=O) groups is 2. The van der Waals surface area contributed by atoms with Gasteiger partial charge in [0.25, 0.3) is 11.7 Å². The fraction of sp³-hybridized carbons (Fsp3) is 0.417. The molecule has 0 spiro atoms. The van der Waals surface area contributed by atoms with Gasteiger partial charge in [-0.3, -0.25) is 9.59 Å². The summed E-state index contributed by atoms with van der Waals surface area (Å²) in [5.74, 6) is -0.753. The van der Waals surface area contributed by atoms with Gasteiger partial charge in [-0.05, 0) is 20.3 Å². The number of nitrogens with zero attached hydrogens (tertiary/aromatic N) is 4. The highest BCUT2D eigenvalue weighted by atomic mass is 16.4. The third-order valence-electron chi connectivity index (χ3n) is 2.96. The van der Waals surface area contributed by atoms with Crippen LogP contribution in [-0.4, -0.2) is 42.6 Å². The van der Waals surface area contributed by atoms with E-state index >= 15 is 0 Å². The van der Waals surface area contributed by atoms with Crippen LogP contribution in [-0.2, 0) is 4.79 Å². The lowest BCUT2D eigenvalue weighted by Gasteiger charge is -2.13. The molecule has 8 nitrogen and oxygen atoms in total. The highest BCUT2D eigenvalue weighted by Gasteiger charge is 2.16. The van der Waals surface area contributed by atoms with Crippen molar-refractivity contribution in [1.82, 2.24) is 24.9 Å². The zero-order chi connectivity index (χ0) is 14.7. The van der Waals surface area contributed by atoms with Crippen molar-refractivity contribution in [3.05, 3.63) is 23.8 Å². The maximum atomic E-state index is 12.1. The lowest BCUT2D eigenvalue weighted by Crippen LogP contribution is -2.33. The first-order valence-corrected chi connectivity index (χ1v) is 6.17. The van der Waals surface area contributed by atoms with Crippen molar-refractivity contribution in [2.45, 2.75) is 32.7 Å². The number of carboxylic acid groups (broad SMARTS) is 1. The molecule has 0 aliphatic heterocycles. The van der Waals surface area contributed by atoms with Crippen LogP contribution in [0.1, 0.15) is 35.8 Å². The normalized spacial score (nSPS) is 12.3. The van der Waals surface area contributed by atoms with E-state index < -0.39 is 5.97 Å². The minimum atomic E-state index is -0.881. The Balaban J connectivity index is 2.11. The van der Waals surface area contributed by atoms with Gasteiger partial charge in [0.05, 0.1) is 11.3 Å². The topological polar surface area (TPSA) is 109 Å². The molecule has 1 atom stereocenters. The van der Waals surface area contributed by atoms with E-state index in [1.165, 1.54) is 17.0 Å². The molecule has 2 aromatic rings. The number of fused-ring (bicyclic) bond motifs is 1. The fourth-order valence-corrected chi connectivity index (χ4v) is 1.83. The second kappa shape index (κ2) is 5.64. The van der Waals surface area contributed by atoms with E-state index in [0.717, 1.165) is 0 Å². The summed E-state index contributed by atoms with van der Waals surface area (Å²) in [5, 5.41) is 15.3. The van der Waals surface area contributed by atoms with Crippen molar-refractivity contribution in [2.24, 2.45) is 0 Å². The summed E-state index contributed by atoms with van der Waals surface area (Å²) < 4.78 is 1.48. The monoisotopic (exact) mass is 277 g/mol. The Morgan fingerprint density at radius 3 is 2.90 bits per heavy atom. The van der Waals surface area contributed by atoms with Gasteiger partial charge in [-0.25, -0.2) is 9.50 Å². The Bertz CT molecular complexity index is 652. The van der Waals surface area contributed by atoms with Gasteiger partial charge in [0.15, 0.2) is 0 Å². The fourth-order valence-electron chi connectivity index (χ4n) is 1.83. The van der Waals surface area contributed by atoms with Crippen molar-refractivity contribution >= 4 is 17.7 Å². The molecule has 1 amide bonds. The van der Waals surface area contributed by atoms with Gasteiger partial charge < -0.3 is 10.4 Å². The summed E-state index contributed by atoms with van der Waals surface area (Å²) >= 11 is 0. The summed E-state index contributed by atoms with van der Waals surface area (Å²) in [5.41, 5.74) is 1.03. The smallest absolute Gasteiger partial charge is 0.303 e. The first kappa shape index (κ1) is 13.9. The summed E-state index contributed by atoms with van der Waals surface area (Å²) in [6.45, 7) is 3.51. The maximum absolute atomic E-state index is 12.1. The van der Waals surface area contributed by atoms with E-state index in [0.29, 0.717) is 23.5 Å². The lowest BCUT2D eigenvalue weighted by molar-refractivity contribution is -0.137. The summed E-state index contributed by atoms with van der Waals surface area (Å²) in [4.78, 5) is 30.6. The Morgan fingerprint density at radius 1 is 1.45 bits per heavy atom. The summed E-state index contributed by atoms with van der Waals surface area (Å²) in [6.07, 6.45) is 3.20. The molecule has 0 aliphatic carbocycles. The number of rotatable bonds is 5. The molecule has 20 heavy (non-hydrogen) atoms. The van der Waals surface area contributed by atoms with Crippen LogP contribution in [0.2, 0.25) is 0 Å². The van der Waals surface area contributed by atoms with E-state index in [1.54, 1.807) is 13.8 Å². The van der Waals surface area contributed by atoms with Crippen LogP contribution in [0.3, 0.4) is 0 Å². The molecule has 106 valence electrons. The largest absolute Gasteiger partial charge is 0.481 e. The third-order valence-corrected chi connectivity index (χ3v) is 2.96. The minimum Gasteiger partial charge on any atom is -0.481 e. The summed E-state index contributed by atoms with van der Waals surface area (Å²) in [6, 6.07) is -0.232. The second-order valence-corrected chi connectivity index (χ2v) is 4.54. The molecular formula is C12H15N5O3. The van der Waals surface area contributed by atoms with Crippen LogP contribution in [0, 0.1) is 6.92 Å². The summed E-state index contributed by atoms with van der Waals surface area (Å²) in [7, 11) is 0. The minimum absolute atomic E-state index is 0.0147. The first-order valence-electron chi connectivity index (χ1n) is 6.17. The van der Waals surface area contributed by atoms with Crippen LogP contribution in [0.25, 0.3) is 5.78 Å². The van der Waals surface area contributed by atoms with E-state index in [4.69, 9.17) is 5.11 Å². The van der Waals surface area contributed by atoms with Crippen LogP contribution >= 0.6 is 0 Å². The van der Waals surface area contributed by atoms with Crippen molar-refractivity contribution in [1.29, 1.82) is 0 Å². The molecule has 2 rings (SSSR count). The highest BCUT2D eigenvalue weighted by Crippen LogP contribution is 2.08. The van der Waals surface area contributed by atoms with Crippen LogP contribution < -0.4 is 5.32 Å². The zero-order valence-electron chi connectivity index (χ0n) is 11.2. The molecule has 0 radical (unpaired) electrons. The number of carboxylic acids is 1. The average Bonchev–Trinajstić information content (AvgIpc) is 2.85. The molecule has 8 heteroatoms. The highest BCUT2D eigenvalue weighted by molar-refractivity contribution is 5.95. The molecule has 2 aromatic heterocycles. The number of amides is 1. The van der Waals surface area contributed by atoms with Crippen molar-refractivity contribution in [2.75, 3.05) is 0 Å². The number of aliphatic carboxylic acids is 1. The lowest BCUT2D eigenvalue weighted by atomic mass is 10.1. The van der Waals surface area contributed by atoms with Gasteiger partial charge in [0.2, 0.25) is 0 Å². The van der Waals surface area contributed by atoms with Gasteiger partial charge in [0.1, 0.15) is 6.33 Å². The number of carbonyl (C=O) groups excluding carboxylic acids is 1. The van der Waals surface area contributed by atoms with E-state index in [1.807, 2.05) is 0 Å². The average molecular weight is 277 g/mol. The number of hydrogen-bond acceptors (Lipinski definition) is 5. The van der Waals surface area contributed by atoms with Gasteiger partial charge in [-0.1, -0.05) is 0 Å². The molecule has 1 unspecified atom stereocenters. The second-order valence-electron chi connectivity index (χ2n) is 4.54. The molecular weight excluding hydrogens is 262 g/mol. The molecule has 0 aliphatic rings. The first-order chi connectivity index (χ1) is 9.49. The standard InChI is InChI=1S/C12H15N5O3/c1-7(3-4-10(18)19)16-11(20)9-5-13-12-14-6-15-17(12)8(9)2/h5-7H,3-4H2,1-2H3,(H,16,20)(H,18,19). The van der Waals surface area contributed by atoms with E-state index in [-0.39, 0.29) is 18.4 Å². The van der Waals surface area contributed by atoms with Crippen molar-refractivity contribution in [3.8, 4) is 0 Å². The molecule has 2 N–H and O–H groups in total. The quantitative estimate of drug-likeness (QED) is 0.819. The zero-order valence-corrected chi connectivity index (χ0v) is 11.2. The SMILES string of the molecule is Cc1c(C(=O)NC(C)CCC(=O)O)cnc2ncnn12. The van der Waals surface area contributed by atoms with E-state index in [2.05, 4.69) is 20.4 Å². The predicted octanol–water partition coefficient (Wildman–Crippen LogP) is 0.416. The number of hydrogen-bond donors (Lipinski definition) is 2. The van der Waals surface area contributed by atoms with Crippen molar-refractivity contribution in [3.63, 3.8) is 0 Å². The van der Waals surface area contributed by atoms with E-state index in [9.17, 15) is 9.59 Å². The molecule has 0 aromatic carbocycles. The van der Waals surface area contributed by atoms with Gasteiger partial charge in [-0.2, -0.15) is 10.1 Å². The van der Waals surface area contributed by atoms with Crippen molar-refractivity contribution < 1.29 is 14.7 Å². The molecule has 2 heterocycles. The Morgan fingerprint density at radius 2 is 2.20 bits per heavy atom. The van der Waals surface area contributed by atoms with Gasteiger partial charge in [-0.15, -0.1) is 0 Å². The number of aryl methyl sites for hydroxylation is 1. The predicted molar refractivity (Wildman–Crippen MR) is 69.3 cm³/mol. The van der Waals surface area contributed by atoms with Gasteiger partial charge in [0, 0.05) is 18.7 Å². The van der Waals surface area contributed by atoms with Crippen LogP contribution in [0.5, 0.6) is 0 Å². The number of aromatic nitrogens is 4. The third kappa shape index (κ3) is 2.90. The van der Waals surface area contributed by atoms with Crippen LogP contribution in [0.4, 0.5) is 0 Å². The Labute approximate surface area is 114 Å². The Hall–Kier alpha value is -2.51.